The first-order valence-corrected chi connectivity index (χ1v) is 6.78. The molecular weight excluding hydrogens is 254 g/mol. The number of nitrogens with zero attached hydrogens (tertiary/aromatic N) is 1. The Morgan fingerprint density at radius 2 is 2.12 bits per heavy atom. The molecule has 1 atom stereocenters. The van der Waals surface area contributed by atoms with Gasteiger partial charge in [-0.2, -0.15) is 0 Å². The number of cyclic esters (lactones) is 1. The Hall–Kier alpha value is -1.07. The van der Waals surface area contributed by atoms with Gasteiger partial charge in [0.15, 0.2) is 0 Å². The zero-order chi connectivity index (χ0) is 11.9. The highest BCUT2D eigenvalue weighted by Gasteiger charge is 2.51. The SMILES string of the molecule is O=C1CC2(CO1)CSC(=S)N2c1ccccc1. The van der Waals surface area contributed by atoms with Crippen LogP contribution in [0.2, 0.25) is 0 Å². The van der Waals surface area contributed by atoms with Crippen molar-refractivity contribution in [3.8, 4) is 0 Å². The van der Waals surface area contributed by atoms with Gasteiger partial charge in [0.1, 0.15) is 16.5 Å². The number of carbonyl (C=O) groups excluding carboxylic acids is 1. The lowest BCUT2D eigenvalue weighted by atomic mass is 9.98. The highest BCUT2D eigenvalue weighted by molar-refractivity contribution is 8.23. The van der Waals surface area contributed by atoms with Crippen LogP contribution in [0.5, 0.6) is 0 Å². The topological polar surface area (TPSA) is 29.5 Å². The summed E-state index contributed by atoms with van der Waals surface area (Å²) in [5.41, 5.74) is 0.779. The predicted octanol–water partition coefficient (Wildman–Crippen LogP) is 2.21. The number of anilines is 1. The lowest BCUT2D eigenvalue weighted by molar-refractivity contribution is -0.137. The molecule has 17 heavy (non-hydrogen) atoms. The Morgan fingerprint density at radius 1 is 1.35 bits per heavy atom. The van der Waals surface area contributed by atoms with Gasteiger partial charge in [0, 0.05) is 11.4 Å². The number of thiocarbonyl (C=S) groups is 1. The third-order valence-electron chi connectivity index (χ3n) is 3.11. The van der Waals surface area contributed by atoms with Crippen molar-refractivity contribution in [2.45, 2.75) is 12.0 Å². The molecule has 0 aliphatic carbocycles. The van der Waals surface area contributed by atoms with Gasteiger partial charge in [-0.3, -0.25) is 4.79 Å². The second kappa shape index (κ2) is 3.99. The first-order valence-electron chi connectivity index (χ1n) is 5.39. The largest absolute Gasteiger partial charge is 0.463 e. The zero-order valence-electron chi connectivity index (χ0n) is 9.09. The van der Waals surface area contributed by atoms with E-state index in [4.69, 9.17) is 17.0 Å². The summed E-state index contributed by atoms with van der Waals surface area (Å²) in [6.07, 6.45) is 0.426. The Balaban J connectivity index is 2.01. The second-order valence-corrected chi connectivity index (χ2v) is 5.90. The maximum absolute atomic E-state index is 11.4. The molecule has 0 radical (unpaired) electrons. The van der Waals surface area contributed by atoms with Gasteiger partial charge in [0.05, 0.1) is 6.42 Å². The maximum Gasteiger partial charge on any atom is 0.308 e. The van der Waals surface area contributed by atoms with Crippen LogP contribution in [0.4, 0.5) is 5.69 Å². The number of rotatable bonds is 1. The van der Waals surface area contributed by atoms with Gasteiger partial charge in [0.2, 0.25) is 0 Å². The molecule has 0 saturated carbocycles. The highest BCUT2D eigenvalue weighted by atomic mass is 32.2. The molecule has 2 aliphatic rings. The van der Waals surface area contributed by atoms with Crippen molar-refractivity contribution in [2.75, 3.05) is 17.3 Å². The Morgan fingerprint density at radius 3 is 2.76 bits per heavy atom. The van der Waals surface area contributed by atoms with Crippen LogP contribution >= 0.6 is 24.0 Å². The summed E-state index contributed by atoms with van der Waals surface area (Å²) >= 11 is 7.02. The molecule has 1 spiro atoms. The van der Waals surface area contributed by atoms with Gasteiger partial charge in [0.25, 0.3) is 0 Å². The van der Waals surface area contributed by atoms with E-state index in [1.807, 2.05) is 30.3 Å². The van der Waals surface area contributed by atoms with Crippen molar-refractivity contribution in [1.82, 2.24) is 0 Å². The van der Waals surface area contributed by atoms with E-state index in [0.717, 1.165) is 15.8 Å². The smallest absolute Gasteiger partial charge is 0.308 e. The molecule has 2 aliphatic heterocycles. The molecule has 0 amide bonds. The molecule has 1 aromatic carbocycles. The first kappa shape index (κ1) is 11.0. The quantitative estimate of drug-likeness (QED) is 0.574. The lowest BCUT2D eigenvalue weighted by Gasteiger charge is -2.32. The van der Waals surface area contributed by atoms with Crippen LogP contribution in [-0.4, -0.2) is 28.2 Å². The van der Waals surface area contributed by atoms with Crippen molar-refractivity contribution in [2.24, 2.45) is 0 Å². The van der Waals surface area contributed by atoms with Gasteiger partial charge in [-0.05, 0) is 12.1 Å². The van der Waals surface area contributed by atoms with Crippen molar-refractivity contribution in [3.63, 3.8) is 0 Å². The van der Waals surface area contributed by atoms with E-state index in [2.05, 4.69) is 4.90 Å². The molecule has 1 unspecified atom stereocenters. The van der Waals surface area contributed by atoms with Crippen molar-refractivity contribution in [3.05, 3.63) is 30.3 Å². The Bertz CT molecular complexity index is 473. The van der Waals surface area contributed by atoms with Crippen LogP contribution in [-0.2, 0) is 9.53 Å². The van der Waals surface area contributed by atoms with Crippen molar-refractivity contribution < 1.29 is 9.53 Å². The monoisotopic (exact) mass is 265 g/mol. The average molecular weight is 265 g/mol. The summed E-state index contributed by atoms with van der Waals surface area (Å²) in [6.45, 7) is 0.438. The third-order valence-corrected chi connectivity index (χ3v) is 4.76. The minimum Gasteiger partial charge on any atom is -0.463 e. The van der Waals surface area contributed by atoms with E-state index >= 15 is 0 Å². The third kappa shape index (κ3) is 1.73. The van der Waals surface area contributed by atoms with Gasteiger partial charge in [-0.25, -0.2) is 0 Å². The number of hydrogen-bond donors (Lipinski definition) is 0. The summed E-state index contributed by atoms with van der Waals surface area (Å²) in [4.78, 5) is 13.5. The molecule has 2 fully saturated rings. The lowest BCUT2D eigenvalue weighted by Crippen LogP contribution is -2.48. The summed E-state index contributed by atoms with van der Waals surface area (Å²) in [6, 6.07) is 9.96. The summed E-state index contributed by atoms with van der Waals surface area (Å²) < 4.78 is 5.97. The number of ether oxygens (including phenoxy) is 1. The minimum atomic E-state index is -0.264. The number of esters is 1. The van der Waals surface area contributed by atoms with E-state index in [0.29, 0.717) is 13.0 Å². The van der Waals surface area contributed by atoms with E-state index in [-0.39, 0.29) is 11.5 Å². The second-order valence-electron chi connectivity index (χ2n) is 4.29. The van der Waals surface area contributed by atoms with E-state index in [1.165, 1.54) is 0 Å². The minimum absolute atomic E-state index is 0.128. The molecule has 1 aromatic rings. The highest BCUT2D eigenvalue weighted by Crippen LogP contribution is 2.42. The van der Waals surface area contributed by atoms with E-state index in [1.54, 1.807) is 11.8 Å². The van der Waals surface area contributed by atoms with Crippen LogP contribution in [0.3, 0.4) is 0 Å². The van der Waals surface area contributed by atoms with E-state index < -0.39 is 0 Å². The van der Waals surface area contributed by atoms with Crippen LogP contribution in [0.15, 0.2) is 30.3 Å². The zero-order valence-corrected chi connectivity index (χ0v) is 10.7. The van der Waals surface area contributed by atoms with E-state index in [9.17, 15) is 4.79 Å². The Labute approximate surface area is 109 Å². The normalized spacial score (nSPS) is 27.9. The molecule has 2 heterocycles. The summed E-state index contributed by atoms with van der Waals surface area (Å²) in [5.74, 6) is 0.697. The van der Waals surface area contributed by atoms with Crippen LogP contribution in [0.25, 0.3) is 0 Å². The number of benzene rings is 1. The van der Waals surface area contributed by atoms with Crippen molar-refractivity contribution >= 4 is 40.0 Å². The first-order chi connectivity index (χ1) is 8.21. The molecule has 0 N–H and O–H groups in total. The molecule has 0 bridgehead atoms. The van der Waals surface area contributed by atoms with Gasteiger partial charge < -0.3 is 9.64 Å². The fourth-order valence-corrected chi connectivity index (χ4v) is 3.91. The fourth-order valence-electron chi connectivity index (χ4n) is 2.30. The van der Waals surface area contributed by atoms with Gasteiger partial charge in [-0.15, -0.1) is 0 Å². The maximum atomic E-state index is 11.4. The molecule has 5 heteroatoms. The standard InChI is InChI=1S/C12H11NO2S2/c14-10-6-12(7-15-10)8-17-11(16)13(12)9-4-2-1-3-5-9/h1-5H,6-8H2. The molecule has 2 saturated heterocycles. The molecular formula is C12H11NO2S2. The van der Waals surface area contributed by atoms with Crippen LogP contribution in [0, 0.1) is 0 Å². The predicted molar refractivity (Wildman–Crippen MR) is 72.3 cm³/mol. The summed E-state index contributed by atoms with van der Waals surface area (Å²) in [7, 11) is 0. The fraction of sp³-hybridized carbons (Fsp3) is 0.333. The molecule has 88 valence electrons. The number of hydrogen-bond acceptors (Lipinski definition) is 4. The van der Waals surface area contributed by atoms with Gasteiger partial charge in [-0.1, -0.05) is 42.2 Å². The molecule has 0 aromatic heterocycles. The summed E-state index contributed by atoms with van der Waals surface area (Å²) in [5, 5.41) is 0. The molecule has 3 nitrogen and oxygen atoms in total. The average Bonchev–Trinajstić information content (AvgIpc) is 2.85. The van der Waals surface area contributed by atoms with Crippen LogP contribution in [0.1, 0.15) is 6.42 Å². The number of carbonyl (C=O) groups is 1. The number of para-hydroxylation sites is 1. The molecule has 3 rings (SSSR count). The van der Waals surface area contributed by atoms with Crippen molar-refractivity contribution in [1.29, 1.82) is 0 Å². The Kier molecular flexibility index (Phi) is 2.60. The van der Waals surface area contributed by atoms with Crippen LogP contribution < -0.4 is 4.90 Å². The number of thioether (sulfide) groups is 1. The van der Waals surface area contributed by atoms with Gasteiger partial charge >= 0.3 is 5.97 Å².